The number of pyridine rings is 1. The Bertz CT molecular complexity index is 608. The minimum atomic E-state index is -0.975. The Balaban J connectivity index is 2.55. The number of unbranched alkanes of at least 4 members (excludes halogenated alkanes) is 1. The molecule has 1 atom stereocenters. The molecular weight excluding hydrogens is 346 g/mol. The number of carbonyl (C=O) groups excluding carboxylic acids is 1. The third kappa shape index (κ3) is 6.94. The molecule has 0 aliphatic heterocycles. The molecule has 1 aromatic rings. The number of hydrogen-bond donors (Lipinski definition) is 3. The van der Waals surface area contributed by atoms with Gasteiger partial charge in [-0.05, 0) is 37.8 Å². The Hall–Kier alpha value is -1.51. The van der Waals surface area contributed by atoms with Gasteiger partial charge >= 0.3 is 5.97 Å². The SMILES string of the molecule is CC(=O)SCc1ccnc(C)c1C(=S)NCCCC[C@@H](N)C(=O)O. The van der Waals surface area contributed by atoms with E-state index < -0.39 is 12.0 Å². The number of thioether (sulfide) groups is 1. The number of aliphatic carboxylic acids is 1. The number of nitrogens with zero attached hydrogens (tertiary/aromatic N) is 1. The third-order valence-corrected chi connectivity index (χ3v) is 4.64. The van der Waals surface area contributed by atoms with Gasteiger partial charge in [0, 0.05) is 36.7 Å². The summed E-state index contributed by atoms with van der Waals surface area (Å²) < 4.78 is 0. The zero-order valence-corrected chi connectivity index (χ0v) is 15.5. The Labute approximate surface area is 151 Å². The standard InChI is InChI=1S/C16H23N3O3S2/c1-10-14(12(6-8-18-10)9-24-11(2)20)15(23)19-7-4-3-5-13(17)16(21)22/h6,8,13H,3-5,7,9,17H2,1-2H3,(H,19,23)(H,21,22)/t13-/m1/s1. The van der Waals surface area contributed by atoms with Gasteiger partial charge in [-0.25, -0.2) is 0 Å². The average molecular weight is 370 g/mol. The number of hydrogen-bond acceptors (Lipinski definition) is 6. The minimum absolute atomic E-state index is 0.0593. The van der Waals surface area contributed by atoms with Crippen LogP contribution in [0.15, 0.2) is 12.3 Å². The number of carboxylic acids is 1. The first-order valence-electron chi connectivity index (χ1n) is 7.67. The highest BCUT2D eigenvalue weighted by molar-refractivity contribution is 8.12. The topological polar surface area (TPSA) is 105 Å². The molecule has 0 aliphatic carbocycles. The number of rotatable bonds is 9. The molecule has 0 unspecified atom stereocenters. The van der Waals surface area contributed by atoms with Crippen LogP contribution in [0.3, 0.4) is 0 Å². The largest absolute Gasteiger partial charge is 0.480 e. The van der Waals surface area contributed by atoms with E-state index in [9.17, 15) is 9.59 Å². The molecule has 0 amide bonds. The van der Waals surface area contributed by atoms with Crippen LogP contribution >= 0.6 is 24.0 Å². The van der Waals surface area contributed by atoms with Crippen molar-refractivity contribution in [3.8, 4) is 0 Å². The molecule has 0 spiro atoms. The fourth-order valence-corrected chi connectivity index (χ4v) is 3.11. The summed E-state index contributed by atoms with van der Waals surface area (Å²) in [4.78, 5) is 26.7. The molecule has 0 saturated heterocycles. The lowest BCUT2D eigenvalue weighted by molar-refractivity contribution is -0.138. The monoisotopic (exact) mass is 369 g/mol. The Morgan fingerprint density at radius 3 is 2.79 bits per heavy atom. The summed E-state index contributed by atoms with van der Waals surface area (Å²) in [5, 5.41) is 12.0. The molecule has 8 heteroatoms. The summed E-state index contributed by atoms with van der Waals surface area (Å²) in [6, 6.07) is 1.06. The van der Waals surface area contributed by atoms with E-state index in [0.717, 1.165) is 23.2 Å². The fraction of sp³-hybridized carbons (Fsp3) is 0.500. The van der Waals surface area contributed by atoms with E-state index in [1.807, 2.05) is 13.0 Å². The normalized spacial score (nSPS) is 11.8. The van der Waals surface area contributed by atoms with Crippen molar-refractivity contribution in [1.29, 1.82) is 0 Å². The zero-order chi connectivity index (χ0) is 18.1. The zero-order valence-electron chi connectivity index (χ0n) is 13.9. The average Bonchev–Trinajstić information content (AvgIpc) is 2.51. The second-order valence-corrected chi connectivity index (χ2v) is 6.97. The van der Waals surface area contributed by atoms with Gasteiger partial charge in [0.1, 0.15) is 11.0 Å². The lowest BCUT2D eigenvalue weighted by atomic mass is 10.1. The molecule has 0 bridgehead atoms. The molecule has 0 aliphatic rings. The maximum atomic E-state index is 11.2. The summed E-state index contributed by atoms with van der Waals surface area (Å²) in [6.45, 7) is 4.06. The number of aryl methyl sites for hydroxylation is 1. The van der Waals surface area contributed by atoms with Crippen LogP contribution in [0.2, 0.25) is 0 Å². The van der Waals surface area contributed by atoms with Crippen LogP contribution in [0, 0.1) is 6.92 Å². The maximum absolute atomic E-state index is 11.2. The summed E-state index contributed by atoms with van der Waals surface area (Å²) in [6.07, 6.45) is 3.64. The van der Waals surface area contributed by atoms with Crippen molar-refractivity contribution in [2.24, 2.45) is 5.73 Å². The van der Waals surface area contributed by atoms with Crippen molar-refractivity contribution in [3.05, 3.63) is 29.1 Å². The number of thiocarbonyl (C=S) groups is 1. The van der Waals surface area contributed by atoms with Crippen LogP contribution in [-0.2, 0) is 15.3 Å². The van der Waals surface area contributed by atoms with E-state index in [4.69, 9.17) is 23.1 Å². The maximum Gasteiger partial charge on any atom is 0.320 e. The third-order valence-electron chi connectivity index (χ3n) is 3.43. The predicted octanol–water partition coefficient (Wildman–Crippen LogP) is 2.02. The molecular formula is C16H23N3O3S2. The van der Waals surface area contributed by atoms with Crippen molar-refractivity contribution < 1.29 is 14.7 Å². The quantitative estimate of drug-likeness (QED) is 0.448. The lowest BCUT2D eigenvalue weighted by Crippen LogP contribution is -2.30. The number of nitrogens with one attached hydrogen (secondary N) is 1. The Morgan fingerprint density at radius 2 is 2.17 bits per heavy atom. The summed E-state index contributed by atoms with van der Waals surface area (Å²) in [7, 11) is 0. The number of aromatic nitrogens is 1. The highest BCUT2D eigenvalue weighted by atomic mass is 32.2. The van der Waals surface area contributed by atoms with Crippen LogP contribution < -0.4 is 11.1 Å². The van der Waals surface area contributed by atoms with Gasteiger partial charge in [0.05, 0.1) is 0 Å². The molecule has 0 fully saturated rings. The molecule has 24 heavy (non-hydrogen) atoms. The van der Waals surface area contributed by atoms with E-state index in [1.54, 1.807) is 6.20 Å². The molecule has 132 valence electrons. The van der Waals surface area contributed by atoms with Crippen molar-refractivity contribution in [1.82, 2.24) is 10.3 Å². The summed E-state index contributed by atoms with van der Waals surface area (Å²) in [5.74, 6) is -0.416. The van der Waals surface area contributed by atoms with Gasteiger partial charge in [-0.3, -0.25) is 14.6 Å². The lowest BCUT2D eigenvalue weighted by Gasteiger charge is -2.14. The molecule has 1 rings (SSSR count). The molecule has 6 nitrogen and oxygen atoms in total. The molecule has 4 N–H and O–H groups in total. The highest BCUT2D eigenvalue weighted by Crippen LogP contribution is 2.19. The predicted molar refractivity (Wildman–Crippen MR) is 100 cm³/mol. The summed E-state index contributed by atoms with van der Waals surface area (Å²) >= 11 is 6.69. The number of nitrogens with two attached hydrogens (primary N) is 1. The van der Waals surface area contributed by atoms with Crippen molar-refractivity contribution in [2.45, 2.75) is 44.9 Å². The van der Waals surface area contributed by atoms with Gasteiger partial charge in [-0.15, -0.1) is 0 Å². The smallest absolute Gasteiger partial charge is 0.320 e. The summed E-state index contributed by atoms with van der Waals surface area (Å²) in [5.41, 5.74) is 8.13. The first-order chi connectivity index (χ1) is 11.3. The van der Waals surface area contributed by atoms with Crippen LogP contribution in [0.25, 0.3) is 0 Å². The van der Waals surface area contributed by atoms with E-state index in [2.05, 4.69) is 10.3 Å². The van der Waals surface area contributed by atoms with E-state index in [1.165, 1.54) is 18.7 Å². The van der Waals surface area contributed by atoms with Crippen molar-refractivity contribution in [3.63, 3.8) is 0 Å². The van der Waals surface area contributed by atoms with Gasteiger partial charge < -0.3 is 16.2 Å². The first kappa shape index (κ1) is 20.5. The van der Waals surface area contributed by atoms with Gasteiger partial charge in [0.15, 0.2) is 5.12 Å². The van der Waals surface area contributed by atoms with Crippen LogP contribution in [-0.4, -0.2) is 38.8 Å². The van der Waals surface area contributed by atoms with Gasteiger partial charge in [0.2, 0.25) is 0 Å². The molecule has 0 saturated carbocycles. The van der Waals surface area contributed by atoms with E-state index in [0.29, 0.717) is 30.1 Å². The van der Waals surface area contributed by atoms with Crippen LogP contribution in [0.5, 0.6) is 0 Å². The number of carboxylic acid groups (broad SMARTS) is 1. The molecule has 0 aromatic carbocycles. The van der Waals surface area contributed by atoms with Gasteiger partial charge in [-0.1, -0.05) is 24.0 Å². The second kappa shape index (κ2) is 10.4. The highest BCUT2D eigenvalue weighted by Gasteiger charge is 2.13. The van der Waals surface area contributed by atoms with Crippen LogP contribution in [0.1, 0.15) is 43.0 Å². The van der Waals surface area contributed by atoms with E-state index in [-0.39, 0.29) is 5.12 Å². The Kier molecular flexibility index (Phi) is 8.88. The fourth-order valence-electron chi connectivity index (χ4n) is 2.13. The second-order valence-electron chi connectivity index (χ2n) is 5.41. The van der Waals surface area contributed by atoms with Crippen LogP contribution in [0.4, 0.5) is 0 Å². The molecule has 1 heterocycles. The van der Waals surface area contributed by atoms with Gasteiger partial charge in [-0.2, -0.15) is 0 Å². The number of carbonyl (C=O) groups is 2. The van der Waals surface area contributed by atoms with Gasteiger partial charge in [0.25, 0.3) is 0 Å². The first-order valence-corrected chi connectivity index (χ1v) is 9.06. The molecule has 0 radical (unpaired) electrons. The minimum Gasteiger partial charge on any atom is -0.480 e. The Morgan fingerprint density at radius 1 is 1.46 bits per heavy atom. The van der Waals surface area contributed by atoms with Crippen molar-refractivity contribution >= 4 is 40.1 Å². The van der Waals surface area contributed by atoms with Crippen molar-refractivity contribution in [2.75, 3.05) is 6.54 Å². The molecule has 1 aromatic heterocycles. The van der Waals surface area contributed by atoms with E-state index >= 15 is 0 Å².